The van der Waals surface area contributed by atoms with E-state index in [1.165, 1.54) is 24.1 Å². The number of unbranched alkanes of at least 4 members (excludes halogenated alkanes) is 2. The highest BCUT2D eigenvalue weighted by molar-refractivity contribution is 7.10. The Hall–Kier alpha value is -0.820. The van der Waals surface area contributed by atoms with Gasteiger partial charge in [0.15, 0.2) is 0 Å². The van der Waals surface area contributed by atoms with Gasteiger partial charge in [-0.1, -0.05) is 31.6 Å². The Morgan fingerprint density at radius 3 is 2.94 bits per heavy atom. The summed E-state index contributed by atoms with van der Waals surface area (Å²) in [6, 6.07) is 2.16. The highest BCUT2D eigenvalue weighted by Crippen LogP contribution is 2.16. The zero-order valence-corrected chi connectivity index (χ0v) is 12.2. The Morgan fingerprint density at radius 1 is 1.39 bits per heavy atom. The van der Waals surface area contributed by atoms with Crippen molar-refractivity contribution in [2.24, 2.45) is 0 Å². The molecule has 0 aliphatic heterocycles. The van der Waals surface area contributed by atoms with Crippen LogP contribution in [0, 0.1) is 11.8 Å². The third-order valence-corrected chi connectivity index (χ3v) is 3.61. The molecule has 1 N–H and O–H groups in total. The molecule has 0 bridgehead atoms. The van der Waals surface area contributed by atoms with Gasteiger partial charge in [-0.25, -0.2) is 0 Å². The SMILES string of the molecule is CCCCCN(C)Cc1cc(C#CCCO)cs1. The van der Waals surface area contributed by atoms with E-state index in [1.54, 1.807) is 11.3 Å². The van der Waals surface area contributed by atoms with Gasteiger partial charge < -0.3 is 10.0 Å². The van der Waals surface area contributed by atoms with Crippen molar-refractivity contribution in [1.82, 2.24) is 4.90 Å². The van der Waals surface area contributed by atoms with Gasteiger partial charge in [-0.2, -0.15) is 0 Å². The van der Waals surface area contributed by atoms with Crippen LogP contribution in [0.2, 0.25) is 0 Å². The van der Waals surface area contributed by atoms with E-state index in [9.17, 15) is 0 Å². The number of rotatable bonds is 7. The summed E-state index contributed by atoms with van der Waals surface area (Å²) in [6.07, 6.45) is 4.42. The van der Waals surface area contributed by atoms with Crippen LogP contribution in [-0.4, -0.2) is 30.2 Å². The molecule has 0 spiro atoms. The van der Waals surface area contributed by atoms with E-state index in [1.807, 2.05) is 0 Å². The van der Waals surface area contributed by atoms with Crippen molar-refractivity contribution < 1.29 is 5.11 Å². The molecular formula is C15H23NOS. The monoisotopic (exact) mass is 265 g/mol. The fourth-order valence-corrected chi connectivity index (χ4v) is 2.62. The summed E-state index contributed by atoms with van der Waals surface area (Å²) in [5.74, 6) is 6.03. The third kappa shape index (κ3) is 6.20. The molecule has 2 nitrogen and oxygen atoms in total. The summed E-state index contributed by atoms with van der Waals surface area (Å²) in [7, 11) is 2.17. The molecule has 100 valence electrons. The van der Waals surface area contributed by atoms with Gasteiger partial charge in [0.05, 0.1) is 6.61 Å². The lowest BCUT2D eigenvalue weighted by molar-refractivity contribution is 0.305. The standard InChI is InChI=1S/C15H23NOS/c1-3-4-6-9-16(2)12-15-11-14(13-18-15)8-5-7-10-17/h11,13,17H,3-4,6-7,9-10,12H2,1-2H3. The number of hydrogen-bond donors (Lipinski definition) is 1. The first-order valence-corrected chi connectivity index (χ1v) is 7.50. The summed E-state index contributed by atoms with van der Waals surface area (Å²) in [5.41, 5.74) is 1.07. The molecule has 0 radical (unpaired) electrons. The first-order chi connectivity index (χ1) is 8.76. The fourth-order valence-electron chi connectivity index (χ4n) is 1.73. The number of aliphatic hydroxyl groups excluding tert-OH is 1. The molecule has 0 aliphatic rings. The first-order valence-electron chi connectivity index (χ1n) is 6.62. The molecule has 1 heterocycles. The number of hydrogen-bond acceptors (Lipinski definition) is 3. The highest BCUT2D eigenvalue weighted by Gasteiger charge is 2.02. The Balaban J connectivity index is 2.37. The van der Waals surface area contributed by atoms with Crippen LogP contribution in [-0.2, 0) is 6.54 Å². The second-order valence-corrected chi connectivity index (χ2v) is 5.52. The Morgan fingerprint density at radius 2 is 2.22 bits per heavy atom. The quantitative estimate of drug-likeness (QED) is 0.605. The van der Waals surface area contributed by atoms with Gasteiger partial charge in [-0.05, 0) is 26.1 Å². The second kappa shape index (κ2) is 9.16. The molecule has 0 fully saturated rings. The minimum Gasteiger partial charge on any atom is -0.395 e. The van der Waals surface area contributed by atoms with E-state index in [2.05, 4.69) is 42.2 Å². The van der Waals surface area contributed by atoms with Crippen LogP contribution in [0.15, 0.2) is 11.4 Å². The zero-order chi connectivity index (χ0) is 13.2. The van der Waals surface area contributed by atoms with E-state index < -0.39 is 0 Å². The van der Waals surface area contributed by atoms with Crippen LogP contribution < -0.4 is 0 Å². The predicted octanol–water partition coefficient (Wildman–Crippen LogP) is 3.10. The maximum absolute atomic E-state index is 8.66. The topological polar surface area (TPSA) is 23.5 Å². The average Bonchev–Trinajstić information content (AvgIpc) is 2.77. The minimum atomic E-state index is 0.143. The van der Waals surface area contributed by atoms with E-state index in [4.69, 9.17) is 5.11 Å². The smallest absolute Gasteiger partial charge is 0.0540 e. The Bertz CT molecular complexity index is 389. The summed E-state index contributed by atoms with van der Waals surface area (Å²) < 4.78 is 0. The molecule has 1 rings (SSSR count). The first kappa shape index (κ1) is 15.2. The lowest BCUT2D eigenvalue weighted by Gasteiger charge is -2.14. The van der Waals surface area contributed by atoms with Crippen molar-refractivity contribution in [3.8, 4) is 11.8 Å². The van der Waals surface area contributed by atoms with Gasteiger partial charge in [0, 0.05) is 28.8 Å². The van der Waals surface area contributed by atoms with Crippen molar-refractivity contribution in [3.63, 3.8) is 0 Å². The molecule has 0 atom stereocenters. The van der Waals surface area contributed by atoms with Gasteiger partial charge in [0.25, 0.3) is 0 Å². The van der Waals surface area contributed by atoms with Crippen molar-refractivity contribution in [2.45, 2.75) is 39.2 Å². The van der Waals surface area contributed by atoms with Gasteiger partial charge in [-0.3, -0.25) is 0 Å². The lowest BCUT2D eigenvalue weighted by Crippen LogP contribution is -2.18. The fraction of sp³-hybridized carbons (Fsp3) is 0.600. The number of thiophene rings is 1. The highest BCUT2D eigenvalue weighted by atomic mass is 32.1. The molecule has 1 aromatic heterocycles. The minimum absolute atomic E-state index is 0.143. The second-order valence-electron chi connectivity index (χ2n) is 4.52. The van der Waals surface area contributed by atoms with Crippen LogP contribution >= 0.6 is 11.3 Å². The predicted molar refractivity (Wildman–Crippen MR) is 78.8 cm³/mol. The molecule has 0 amide bonds. The lowest BCUT2D eigenvalue weighted by atomic mass is 10.2. The van der Waals surface area contributed by atoms with Crippen molar-refractivity contribution >= 4 is 11.3 Å². The van der Waals surface area contributed by atoms with Crippen LogP contribution in [0.5, 0.6) is 0 Å². The normalized spacial score (nSPS) is 10.4. The molecule has 0 saturated heterocycles. The largest absolute Gasteiger partial charge is 0.395 e. The molecule has 0 aromatic carbocycles. The third-order valence-electron chi connectivity index (χ3n) is 2.69. The van der Waals surface area contributed by atoms with Crippen LogP contribution in [0.4, 0.5) is 0 Å². The van der Waals surface area contributed by atoms with Crippen LogP contribution in [0.25, 0.3) is 0 Å². The van der Waals surface area contributed by atoms with Crippen molar-refractivity contribution in [1.29, 1.82) is 0 Å². The summed E-state index contributed by atoms with van der Waals surface area (Å²) in [4.78, 5) is 3.73. The van der Waals surface area contributed by atoms with Gasteiger partial charge in [-0.15, -0.1) is 11.3 Å². The maximum atomic E-state index is 8.66. The molecule has 18 heavy (non-hydrogen) atoms. The zero-order valence-electron chi connectivity index (χ0n) is 11.4. The molecule has 0 aliphatic carbocycles. The Kier molecular flexibility index (Phi) is 7.75. The van der Waals surface area contributed by atoms with Crippen LogP contribution in [0.1, 0.15) is 43.0 Å². The molecule has 1 aromatic rings. The Labute approximate surface area is 115 Å². The number of nitrogens with zero attached hydrogens (tertiary/aromatic N) is 1. The van der Waals surface area contributed by atoms with Crippen LogP contribution in [0.3, 0.4) is 0 Å². The number of aliphatic hydroxyl groups is 1. The molecule has 0 saturated carbocycles. The van der Waals surface area contributed by atoms with E-state index in [-0.39, 0.29) is 6.61 Å². The van der Waals surface area contributed by atoms with Gasteiger partial charge >= 0.3 is 0 Å². The van der Waals surface area contributed by atoms with Gasteiger partial charge in [0.1, 0.15) is 0 Å². The molecule has 3 heteroatoms. The van der Waals surface area contributed by atoms with Crippen molar-refractivity contribution in [3.05, 3.63) is 21.9 Å². The van der Waals surface area contributed by atoms with E-state index in [0.29, 0.717) is 6.42 Å². The maximum Gasteiger partial charge on any atom is 0.0540 e. The molecular weight excluding hydrogens is 242 g/mol. The van der Waals surface area contributed by atoms with Crippen molar-refractivity contribution in [2.75, 3.05) is 20.2 Å². The van der Waals surface area contributed by atoms with E-state index >= 15 is 0 Å². The van der Waals surface area contributed by atoms with E-state index in [0.717, 1.165) is 18.7 Å². The average molecular weight is 265 g/mol. The van der Waals surface area contributed by atoms with Gasteiger partial charge in [0.2, 0.25) is 0 Å². The summed E-state index contributed by atoms with van der Waals surface area (Å²) in [6.45, 7) is 4.55. The molecule has 0 unspecified atom stereocenters. The summed E-state index contributed by atoms with van der Waals surface area (Å²) >= 11 is 1.77. The summed E-state index contributed by atoms with van der Waals surface area (Å²) in [5, 5.41) is 10.8.